The van der Waals surface area contributed by atoms with Crippen LogP contribution in [-0.4, -0.2) is 62.3 Å². The number of carbonyl (C=O) groups excluding carboxylic acids is 4. The van der Waals surface area contributed by atoms with Gasteiger partial charge in [0.2, 0.25) is 23.6 Å². The van der Waals surface area contributed by atoms with E-state index < -0.39 is 0 Å². The first-order chi connectivity index (χ1) is 15.4. The van der Waals surface area contributed by atoms with Gasteiger partial charge in [-0.3, -0.25) is 19.2 Å². The van der Waals surface area contributed by atoms with Crippen LogP contribution in [0.25, 0.3) is 0 Å². The van der Waals surface area contributed by atoms with E-state index in [0.29, 0.717) is 36.2 Å². The minimum Gasteiger partial charge on any atom is -0.359 e. The van der Waals surface area contributed by atoms with Crippen LogP contribution in [0.3, 0.4) is 0 Å². The first kappa shape index (κ1) is 30.6. The van der Waals surface area contributed by atoms with E-state index in [1.807, 2.05) is 21.6 Å². The highest BCUT2D eigenvalue weighted by Gasteiger charge is 2.17. The van der Waals surface area contributed by atoms with Crippen LogP contribution in [0.2, 0.25) is 0 Å². The molecule has 0 saturated carbocycles. The quantitative estimate of drug-likeness (QED) is 0.207. The van der Waals surface area contributed by atoms with Gasteiger partial charge < -0.3 is 21.3 Å². The molecule has 0 aromatic heterocycles. The largest absolute Gasteiger partial charge is 0.359 e. The summed E-state index contributed by atoms with van der Waals surface area (Å²) in [5.74, 6) is 0.196. The molecule has 4 N–H and O–H groups in total. The van der Waals surface area contributed by atoms with Crippen LogP contribution >= 0.6 is 21.6 Å². The van der Waals surface area contributed by atoms with Crippen molar-refractivity contribution in [2.24, 2.45) is 0 Å². The van der Waals surface area contributed by atoms with Crippen molar-refractivity contribution in [2.45, 2.75) is 87.5 Å². The minimum atomic E-state index is 0.0491. The van der Waals surface area contributed by atoms with E-state index in [1.54, 1.807) is 28.2 Å². The monoisotopic (exact) mass is 490 g/mol. The second-order valence-corrected chi connectivity index (χ2v) is 10.6. The van der Waals surface area contributed by atoms with Crippen molar-refractivity contribution >= 4 is 45.2 Å². The Balaban J connectivity index is 4.75. The highest BCUT2D eigenvalue weighted by Crippen LogP contribution is 2.39. The van der Waals surface area contributed by atoms with Crippen LogP contribution in [0.15, 0.2) is 0 Å². The summed E-state index contributed by atoms with van der Waals surface area (Å²) in [7, 11) is 10.3. The molecule has 0 bridgehead atoms. The summed E-state index contributed by atoms with van der Waals surface area (Å²) in [4.78, 5) is 46.2. The molecule has 0 heterocycles. The molecule has 0 radical (unpaired) electrons. The Morgan fingerprint density at radius 3 is 0.906 bits per heavy atom. The summed E-state index contributed by atoms with van der Waals surface area (Å²) in [5.41, 5.74) is 0. The zero-order valence-electron chi connectivity index (χ0n) is 20.1. The van der Waals surface area contributed by atoms with Crippen molar-refractivity contribution in [1.82, 2.24) is 21.3 Å². The average Bonchev–Trinajstić information content (AvgIpc) is 2.80. The fraction of sp³-hybridized carbons (Fsp3) is 0.818. The smallest absolute Gasteiger partial charge is 0.219 e. The molecular formula is C22H42N4O4S2. The fourth-order valence-corrected chi connectivity index (χ4v) is 6.56. The van der Waals surface area contributed by atoms with Crippen LogP contribution in [0, 0.1) is 0 Å². The summed E-state index contributed by atoms with van der Waals surface area (Å²) >= 11 is 0. The van der Waals surface area contributed by atoms with Gasteiger partial charge in [0.15, 0.2) is 0 Å². The summed E-state index contributed by atoms with van der Waals surface area (Å²) in [6.45, 7) is 0. The van der Waals surface area contributed by atoms with Gasteiger partial charge in [-0.2, -0.15) is 0 Å². The molecule has 0 unspecified atom stereocenters. The highest BCUT2D eigenvalue weighted by atomic mass is 33.1. The Bertz CT molecular complexity index is 472. The molecule has 4 amide bonds. The van der Waals surface area contributed by atoms with Gasteiger partial charge in [-0.05, 0) is 51.4 Å². The molecule has 0 aliphatic carbocycles. The molecule has 0 atom stereocenters. The molecule has 32 heavy (non-hydrogen) atoms. The molecule has 186 valence electrons. The number of hydrogen-bond acceptors (Lipinski definition) is 6. The molecule has 0 aromatic carbocycles. The lowest BCUT2D eigenvalue weighted by molar-refractivity contribution is -0.121. The van der Waals surface area contributed by atoms with Crippen molar-refractivity contribution in [3.8, 4) is 0 Å². The fourth-order valence-electron chi connectivity index (χ4n) is 3.10. The molecule has 10 heteroatoms. The number of hydrogen-bond donors (Lipinski definition) is 4. The Morgan fingerprint density at radius 1 is 0.500 bits per heavy atom. The third-order valence-corrected chi connectivity index (χ3v) is 8.73. The molecule has 0 spiro atoms. The zero-order valence-corrected chi connectivity index (χ0v) is 21.7. The van der Waals surface area contributed by atoms with Gasteiger partial charge in [-0.25, -0.2) is 0 Å². The van der Waals surface area contributed by atoms with E-state index in [1.165, 1.54) is 0 Å². The lowest BCUT2D eigenvalue weighted by atomic mass is 10.1. The lowest BCUT2D eigenvalue weighted by Crippen LogP contribution is -2.19. The lowest BCUT2D eigenvalue weighted by Gasteiger charge is -2.21. The third kappa shape index (κ3) is 17.2. The maximum atomic E-state index is 11.6. The summed E-state index contributed by atoms with van der Waals surface area (Å²) < 4.78 is 0. The summed E-state index contributed by atoms with van der Waals surface area (Å²) in [6, 6.07) is 0. The molecule has 8 nitrogen and oxygen atoms in total. The maximum absolute atomic E-state index is 11.6. The maximum Gasteiger partial charge on any atom is 0.219 e. The van der Waals surface area contributed by atoms with Crippen molar-refractivity contribution in [3.63, 3.8) is 0 Å². The predicted molar refractivity (Wildman–Crippen MR) is 134 cm³/mol. The van der Waals surface area contributed by atoms with Crippen LogP contribution in [0.4, 0.5) is 0 Å². The van der Waals surface area contributed by atoms with E-state index in [-0.39, 0.29) is 23.6 Å². The SMILES string of the molecule is CNC(=O)CCCC(CCCC(=O)NC)SSC(CCCC(=O)NC)CCCC(=O)NC. The van der Waals surface area contributed by atoms with E-state index in [2.05, 4.69) is 21.3 Å². The van der Waals surface area contributed by atoms with Crippen molar-refractivity contribution in [1.29, 1.82) is 0 Å². The molecule has 0 rings (SSSR count). The summed E-state index contributed by atoms with van der Waals surface area (Å²) in [5, 5.41) is 11.4. The van der Waals surface area contributed by atoms with Gasteiger partial charge in [-0.15, -0.1) is 0 Å². The van der Waals surface area contributed by atoms with Crippen LogP contribution in [0.1, 0.15) is 77.0 Å². The van der Waals surface area contributed by atoms with Gasteiger partial charge >= 0.3 is 0 Å². The van der Waals surface area contributed by atoms with Gasteiger partial charge in [0.25, 0.3) is 0 Å². The van der Waals surface area contributed by atoms with Gasteiger partial charge in [0, 0.05) is 64.4 Å². The molecule has 0 aliphatic heterocycles. The first-order valence-electron chi connectivity index (χ1n) is 11.5. The van der Waals surface area contributed by atoms with E-state index in [4.69, 9.17) is 0 Å². The molecular weight excluding hydrogens is 448 g/mol. The van der Waals surface area contributed by atoms with E-state index in [0.717, 1.165) is 51.4 Å². The molecule has 0 aromatic rings. The Kier molecular flexibility index (Phi) is 19.3. The third-order valence-electron chi connectivity index (χ3n) is 5.16. The number of rotatable bonds is 19. The normalized spacial score (nSPS) is 10.8. The topological polar surface area (TPSA) is 116 Å². The highest BCUT2D eigenvalue weighted by molar-refractivity contribution is 8.77. The standard InChI is InChI=1S/C22H42N4O4S2/c1-23-19(27)13-5-9-17(10-6-14-20(28)24-2)31-32-18(11-7-15-21(29)25-3)12-8-16-22(30)26-4/h17-18H,5-16H2,1-4H3,(H,23,27)(H,24,28)(H,25,29)(H,26,30). The van der Waals surface area contributed by atoms with Gasteiger partial charge in [0.1, 0.15) is 0 Å². The van der Waals surface area contributed by atoms with Crippen LogP contribution in [0.5, 0.6) is 0 Å². The van der Waals surface area contributed by atoms with Crippen molar-refractivity contribution in [2.75, 3.05) is 28.2 Å². The van der Waals surface area contributed by atoms with Crippen molar-refractivity contribution < 1.29 is 19.2 Å². The number of carbonyl (C=O) groups is 4. The Labute approximate surface area is 201 Å². The second kappa shape index (κ2) is 20.2. The van der Waals surface area contributed by atoms with Crippen molar-refractivity contribution in [3.05, 3.63) is 0 Å². The van der Waals surface area contributed by atoms with Crippen LogP contribution < -0.4 is 21.3 Å². The summed E-state index contributed by atoms with van der Waals surface area (Å²) in [6.07, 6.45) is 8.97. The Hall–Kier alpha value is -1.42. The van der Waals surface area contributed by atoms with E-state index >= 15 is 0 Å². The molecule has 0 aliphatic rings. The van der Waals surface area contributed by atoms with Crippen LogP contribution in [-0.2, 0) is 19.2 Å². The van der Waals surface area contributed by atoms with Gasteiger partial charge in [-0.1, -0.05) is 21.6 Å². The molecule has 0 saturated heterocycles. The minimum absolute atomic E-state index is 0.0491. The first-order valence-corrected chi connectivity index (χ1v) is 13.8. The number of nitrogens with one attached hydrogen (secondary N) is 4. The number of amides is 4. The second-order valence-electron chi connectivity index (χ2n) is 7.70. The van der Waals surface area contributed by atoms with E-state index in [9.17, 15) is 19.2 Å². The average molecular weight is 491 g/mol. The zero-order chi connectivity index (χ0) is 24.2. The van der Waals surface area contributed by atoms with Gasteiger partial charge in [0.05, 0.1) is 0 Å². The predicted octanol–water partition coefficient (Wildman–Crippen LogP) is 2.77. The Morgan fingerprint density at radius 2 is 0.719 bits per heavy atom. The molecule has 0 fully saturated rings.